The predicted octanol–water partition coefficient (Wildman–Crippen LogP) is 2.05. The van der Waals surface area contributed by atoms with Crippen LogP contribution in [0.15, 0.2) is 12.1 Å². The maximum atomic E-state index is 5.93. The van der Waals surface area contributed by atoms with E-state index >= 15 is 0 Å². The van der Waals surface area contributed by atoms with Crippen LogP contribution in [0.2, 0.25) is 5.15 Å². The zero-order valence-corrected chi connectivity index (χ0v) is 10.4. The molecule has 0 radical (unpaired) electrons. The van der Waals surface area contributed by atoms with Gasteiger partial charge in [0.1, 0.15) is 5.15 Å². The Labute approximate surface area is 106 Å². The number of likely N-dealkylation sites (tertiary alicyclic amines) is 1. The van der Waals surface area contributed by atoms with Crippen LogP contribution in [0.25, 0.3) is 0 Å². The first-order valence-electron chi connectivity index (χ1n) is 6.23. The molecular formula is C13H15ClN2O. The lowest BCUT2D eigenvalue weighted by Gasteiger charge is -2.57. The van der Waals surface area contributed by atoms with Crippen molar-refractivity contribution in [3.8, 4) is 0 Å². The summed E-state index contributed by atoms with van der Waals surface area (Å²) in [5, 5.41) is 0.622. The van der Waals surface area contributed by atoms with Crippen molar-refractivity contribution in [2.75, 3.05) is 26.3 Å². The third kappa shape index (κ3) is 1.46. The number of hydrogen-bond donors (Lipinski definition) is 0. The van der Waals surface area contributed by atoms with Gasteiger partial charge in [-0.25, -0.2) is 4.98 Å². The third-order valence-electron chi connectivity index (χ3n) is 4.32. The molecule has 17 heavy (non-hydrogen) atoms. The van der Waals surface area contributed by atoms with Gasteiger partial charge in [0.05, 0.1) is 13.2 Å². The summed E-state index contributed by atoms with van der Waals surface area (Å²) in [6.45, 7) is 4.31. The van der Waals surface area contributed by atoms with E-state index < -0.39 is 0 Å². The monoisotopic (exact) mass is 250 g/mol. The van der Waals surface area contributed by atoms with Crippen molar-refractivity contribution in [3.05, 3.63) is 28.5 Å². The highest BCUT2D eigenvalue weighted by Crippen LogP contribution is 2.45. The zero-order valence-electron chi connectivity index (χ0n) is 9.66. The molecule has 0 N–H and O–H groups in total. The van der Waals surface area contributed by atoms with Crippen LogP contribution in [-0.2, 0) is 11.2 Å². The summed E-state index contributed by atoms with van der Waals surface area (Å²) in [6.07, 6.45) is 2.26. The summed E-state index contributed by atoms with van der Waals surface area (Å²) in [5.41, 5.74) is 3.10. The van der Waals surface area contributed by atoms with E-state index in [1.807, 2.05) is 6.07 Å². The van der Waals surface area contributed by atoms with Gasteiger partial charge in [-0.05, 0) is 24.5 Å². The molecule has 2 aliphatic heterocycles. The molecule has 1 unspecified atom stereocenters. The van der Waals surface area contributed by atoms with Gasteiger partial charge in [-0.2, -0.15) is 0 Å². The van der Waals surface area contributed by atoms with Crippen molar-refractivity contribution in [2.24, 2.45) is 5.41 Å². The minimum absolute atomic E-state index is 0.503. The van der Waals surface area contributed by atoms with Crippen molar-refractivity contribution < 1.29 is 4.74 Å². The summed E-state index contributed by atoms with van der Waals surface area (Å²) in [5.74, 6) is 0. The molecule has 1 atom stereocenters. The normalized spacial score (nSPS) is 29.8. The SMILES string of the molecule is Clc1ccc2c(n1)CCC2N1CC2(COC2)C1. The number of halogens is 1. The number of nitrogens with zero attached hydrogens (tertiary/aromatic N) is 2. The minimum atomic E-state index is 0.503. The van der Waals surface area contributed by atoms with E-state index in [0.29, 0.717) is 16.6 Å². The Kier molecular flexibility index (Phi) is 2.08. The third-order valence-corrected chi connectivity index (χ3v) is 4.53. The van der Waals surface area contributed by atoms with Crippen LogP contribution in [0.4, 0.5) is 0 Å². The standard InChI is InChI=1S/C13H15ClN2O/c14-12-4-1-9-10(15-12)2-3-11(9)16-5-13(6-16)7-17-8-13/h1,4,11H,2-3,5-8H2. The van der Waals surface area contributed by atoms with Gasteiger partial charge in [0.2, 0.25) is 0 Å². The van der Waals surface area contributed by atoms with Gasteiger partial charge in [-0.3, -0.25) is 4.90 Å². The second-order valence-electron chi connectivity index (χ2n) is 5.62. The quantitative estimate of drug-likeness (QED) is 0.714. The van der Waals surface area contributed by atoms with Gasteiger partial charge in [-0.15, -0.1) is 0 Å². The molecule has 1 aromatic heterocycles. The number of aromatic nitrogens is 1. The van der Waals surface area contributed by atoms with Gasteiger partial charge in [-0.1, -0.05) is 17.7 Å². The molecule has 3 heterocycles. The summed E-state index contributed by atoms with van der Waals surface area (Å²) in [7, 11) is 0. The summed E-state index contributed by atoms with van der Waals surface area (Å²) >= 11 is 5.93. The lowest BCUT2D eigenvalue weighted by molar-refractivity contribution is -0.198. The topological polar surface area (TPSA) is 25.4 Å². The Hall–Kier alpha value is -0.640. The Morgan fingerprint density at radius 1 is 1.35 bits per heavy atom. The number of aryl methyl sites for hydroxylation is 1. The van der Waals surface area contributed by atoms with E-state index in [-0.39, 0.29) is 0 Å². The Bertz CT molecular complexity index is 464. The highest BCUT2D eigenvalue weighted by atomic mass is 35.5. The zero-order chi connectivity index (χ0) is 11.5. The largest absolute Gasteiger partial charge is 0.380 e. The molecule has 0 saturated carbocycles. The van der Waals surface area contributed by atoms with Crippen molar-refractivity contribution >= 4 is 11.6 Å². The molecule has 90 valence electrons. The number of pyridine rings is 1. The lowest BCUT2D eigenvalue weighted by Crippen LogP contribution is -2.66. The predicted molar refractivity (Wildman–Crippen MR) is 65.1 cm³/mol. The molecule has 2 saturated heterocycles. The number of rotatable bonds is 1. The van der Waals surface area contributed by atoms with Crippen molar-refractivity contribution in [1.82, 2.24) is 9.88 Å². The van der Waals surface area contributed by atoms with Crippen LogP contribution < -0.4 is 0 Å². The van der Waals surface area contributed by atoms with Crippen molar-refractivity contribution in [1.29, 1.82) is 0 Å². The Morgan fingerprint density at radius 3 is 2.88 bits per heavy atom. The van der Waals surface area contributed by atoms with Gasteiger partial charge in [0.15, 0.2) is 0 Å². The van der Waals surface area contributed by atoms with Gasteiger partial charge in [0.25, 0.3) is 0 Å². The number of ether oxygens (including phenoxy) is 1. The molecule has 0 amide bonds. The Morgan fingerprint density at radius 2 is 2.18 bits per heavy atom. The van der Waals surface area contributed by atoms with Crippen LogP contribution >= 0.6 is 11.6 Å². The molecule has 0 aromatic carbocycles. The van der Waals surface area contributed by atoms with Crippen LogP contribution in [0.1, 0.15) is 23.7 Å². The van der Waals surface area contributed by atoms with Gasteiger partial charge < -0.3 is 4.74 Å². The molecular weight excluding hydrogens is 236 g/mol. The first-order valence-corrected chi connectivity index (χ1v) is 6.61. The first-order chi connectivity index (χ1) is 8.26. The van der Waals surface area contributed by atoms with E-state index in [0.717, 1.165) is 19.6 Å². The molecule has 2 fully saturated rings. The number of fused-ring (bicyclic) bond motifs is 1. The van der Waals surface area contributed by atoms with Crippen LogP contribution in [0, 0.1) is 5.41 Å². The minimum Gasteiger partial charge on any atom is -0.380 e. The average molecular weight is 251 g/mol. The maximum absolute atomic E-state index is 5.93. The molecule has 0 bridgehead atoms. The number of hydrogen-bond acceptors (Lipinski definition) is 3. The first kappa shape index (κ1) is 10.3. The smallest absolute Gasteiger partial charge is 0.129 e. The van der Waals surface area contributed by atoms with Crippen LogP contribution in [0.5, 0.6) is 0 Å². The molecule has 4 rings (SSSR count). The van der Waals surface area contributed by atoms with E-state index in [9.17, 15) is 0 Å². The Balaban J connectivity index is 1.55. The van der Waals surface area contributed by atoms with E-state index in [4.69, 9.17) is 16.3 Å². The van der Waals surface area contributed by atoms with Gasteiger partial charge >= 0.3 is 0 Å². The summed E-state index contributed by atoms with van der Waals surface area (Å²) in [6, 6.07) is 4.65. The van der Waals surface area contributed by atoms with E-state index in [1.165, 1.54) is 30.8 Å². The molecule has 4 heteroatoms. The lowest BCUT2D eigenvalue weighted by atomic mass is 9.76. The second-order valence-corrected chi connectivity index (χ2v) is 6.01. The van der Waals surface area contributed by atoms with Gasteiger partial charge in [0, 0.05) is 30.2 Å². The highest BCUT2D eigenvalue weighted by Gasteiger charge is 2.51. The average Bonchev–Trinajstić information content (AvgIpc) is 2.57. The molecule has 1 spiro atoms. The van der Waals surface area contributed by atoms with E-state index in [1.54, 1.807) is 0 Å². The molecule has 1 aliphatic carbocycles. The second kappa shape index (κ2) is 3.44. The fraction of sp³-hybridized carbons (Fsp3) is 0.615. The molecule has 3 aliphatic rings. The summed E-state index contributed by atoms with van der Waals surface area (Å²) in [4.78, 5) is 7.00. The van der Waals surface area contributed by atoms with Crippen LogP contribution in [0.3, 0.4) is 0 Å². The molecule has 1 aromatic rings. The van der Waals surface area contributed by atoms with Crippen molar-refractivity contribution in [3.63, 3.8) is 0 Å². The molecule has 3 nitrogen and oxygen atoms in total. The fourth-order valence-corrected chi connectivity index (χ4v) is 3.57. The maximum Gasteiger partial charge on any atom is 0.129 e. The van der Waals surface area contributed by atoms with E-state index in [2.05, 4.69) is 16.0 Å². The highest BCUT2D eigenvalue weighted by molar-refractivity contribution is 6.29. The van der Waals surface area contributed by atoms with Crippen LogP contribution in [-0.4, -0.2) is 36.2 Å². The van der Waals surface area contributed by atoms with Crippen molar-refractivity contribution in [2.45, 2.75) is 18.9 Å². The summed E-state index contributed by atoms with van der Waals surface area (Å²) < 4.78 is 5.32. The fourth-order valence-electron chi connectivity index (χ4n) is 3.41.